The van der Waals surface area contributed by atoms with Crippen molar-refractivity contribution in [2.75, 3.05) is 0 Å². The van der Waals surface area contributed by atoms with E-state index in [9.17, 15) is 4.79 Å². The van der Waals surface area contributed by atoms with Gasteiger partial charge in [0.05, 0.1) is 6.61 Å². The first-order valence-corrected chi connectivity index (χ1v) is 4.23. The topological polar surface area (TPSA) is 86.1 Å². The Labute approximate surface area is 86.3 Å². The maximum absolute atomic E-state index is 10.8. The van der Waals surface area contributed by atoms with Crippen molar-refractivity contribution in [3.63, 3.8) is 0 Å². The molecule has 0 spiro atoms. The summed E-state index contributed by atoms with van der Waals surface area (Å²) >= 11 is 0. The molecule has 1 aromatic carbocycles. The van der Waals surface area contributed by atoms with Crippen LogP contribution < -0.4 is 0 Å². The summed E-state index contributed by atoms with van der Waals surface area (Å²) in [5.41, 5.74) is 9.51. The van der Waals surface area contributed by atoms with Gasteiger partial charge in [0.15, 0.2) is 0 Å². The van der Waals surface area contributed by atoms with Crippen molar-refractivity contribution in [2.24, 2.45) is 5.11 Å². The van der Waals surface area contributed by atoms with Gasteiger partial charge < -0.3 is 5.11 Å². The molecular weight excluding hydrogens is 194 g/mol. The van der Waals surface area contributed by atoms with Crippen LogP contribution in [0.25, 0.3) is 16.5 Å². The summed E-state index contributed by atoms with van der Waals surface area (Å²) in [6.45, 7) is -0.0496. The Hall–Kier alpha value is -2.10. The third kappa shape index (κ3) is 3.64. The molecule has 1 N–H and O–H groups in total. The molecule has 0 aliphatic carbocycles. The van der Waals surface area contributed by atoms with Crippen molar-refractivity contribution in [3.05, 3.63) is 51.9 Å². The van der Waals surface area contributed by atoms with Gasteiger partial charge in [0.25, 0.3) is 0 Å². The Morgan fingerprint density at radius 3 is 3.07 bits per heavy atom. The summed E-state index contributed by atoms with van der Waals surface area (Å²) in [6, 6.07) is 7.05. The lowest BCUT2D eigenvalue weighted by Crippen LogP contribution is -1.85. The predicted octanol–water partition coefficient (Wildman–Crippen LogP) is 2.03. The van der Waals surface area contributed by atoms with E-state index in [1.807, 2.05) is 0 Å². The Bertz CT molecular complexity index is 434. The Kier molecular flexibility index (Phi) is 4.09. The van der Waals surface area contributed by atoms with Gasteiger partial charge in [-0.15, -0.1) is 0 Å². The normalized spacial score (nSPS) is 9.93. The first-order valence-electron chi connectivity index (χ1n) is 4.23. The number of hydrogen-bond acceptors (Lipinski definition) is 2. The highest BCUT2D eigenvalue weighted by Gasteiger charge is 1.92. The fraction of sp³-hybridized carbons (Fsp3) is 0.100. The van der Waals surface area contributed by atoms with Crippen LogP contribution in [0.1, 0.15) is 11.1 Å². The summed E-state index contributed by atoms with van der Waals surface area (Å²) in [7, 11) is 0. The number of hydrogen-bond donors (Lipinski definition) is 1. The van der Waals surface area contributed by atoms with E-state index in [1.165, 1.54) is 12.2 Å². The summed E-state index contributed by atoms with van der Waals surface area (Å²) < 4.78 is 0. The summed E-state index contributed by atoms with van der Waals surface area (Å²) in [4.78, 5) is 13.2. The number of carbonyl (C=O) groups excluding carboxylic acids is 1. The molecule has 0 bridgehead atoms. The van der Waals surface area contributed by atoms with E-state index in [0.29, 0.717) is 0 Å². The third-order valence-corrected chi connectivity index (χ3v) is 1.70. The van der Waals surface area contributed by atoms with Crippen LogP contribution in [0.3, 0.4) is 0 Å². The molecule has 0 atom stereocenters. The van der Waals surface area contributed by atoms with Crippen molar-refractivity contribution < 1.29 is 9.90 Å². The molecule has 5 nitrogen and oxygen atoms in total. The van der Waals surface area contributed by atoms with Gasteiger partial charge in [-0.2, -0.15) is 0 Å². The van der Waals surface area contributed by atoms with E-state index in [2.05, 4.69) is 10.0 Å². The fourth-order valence-corrected chi connectivity index (χ4v) is 1.04. The molecule has 0 saturated carbocycles. The number of azide groups is 1. The summed E-state index contributed by atoms with van der Waals surface area (Å²) in [5, 5.41) is 11.8. The smallest absolute Gasteiger partial charge is 0.242 e. The molecule has 0 unspecified atom stereocenters. The quantitative estimate of drug-likeness (QED) is 0.352. The van der Waals surface area contributed by atoms with E-state index in [-0.39, 0.29) is 6.61 Å². The van der Waals surface area contributed by atoms with Gasteiger partial charge in [0, 0.05) is 4.91 Å². The lowest BCUT2D eigenvalue weighted by molar-refractivity contribution is -0.113. The van der Waals surface area contributed by atoms with Gasteiger partial charge in [0.1, 0.15) is 0 Å². The van der Waals surface area contributed by atoms with Crippen molar-refractivity contribution in [2.45, 2.75) is 6.61 Å². The van der Waals surface area contributed by atoms with Crippen LogP contribution >= 0.6 is 0 Å². The van der Waals surface area contributed by atoms with Gasteiger partial charge in [-0.25, -0.2) is 0 Å². The molecule has 1 aromatic rings. The molecule has 0 aliphatic heterocycles. The standard InChI is InChI=1S/C10H9N3O2/c11-13-12-10(15)5-4-8-2-1-3-9(6-8)7-14/h1-6,14H,7H2/b5-4+. The zero-order valence-corrected chi connectivity index (χ0v) is 7.87. The number of aliphatic hydroxyl groups excluding tert-OH is 1. The second kappa shape index (κ2) is 5.59. The predicted molar refractivity (Wildman–Crippen MR) is 55.6 cm³/mol. The number of nitrogens with zero attached hydrogens (tertiary/aromatic N) is 3. The lowest BCUT2D eigenvalue weighted by Gasteiger charge is -1.96. The summed E-state index contributed by atoms with van der Waals surface area (Å²) in [5.74, 6) is -0.646. The van der Waals surface area contributed by atoms with E-state index in [4.69, 9.17) is 10.6 Å². The van der Waals surface area contributed by atoms with Crippen LogP contribution in [-0.2, 0) is 11.4 Å². The minimum absolute atomic E-state index is 0.0496. The molecular formula is C10H9N3O2. The highest BCUT2D eigenvalue weighted by atomic mass is 16.3. The molecule has 0 aliphatic rings. The zero-order valence-electron chi connectivity index (χ0n) is 7.87. The molecule has 1 amide bonds. The third-order valence-electron chi connectivity index (χ3n) is 1.70. The summed E-state index contributed by atoms with van der Waals surface area (Å²) in [6.07, 6.45) is 2.70. The largest absolute Gasteiger partial charge is 0.392 e. The van der Waals surface area contributed by atoms with E-state index < -0.39 is 5.91 Å². The molecule has 0 radical (unpaired) electrons. The maximum atomic E-state index is 10.8. The fourth-order valence-electron chi connectivity index (χ4n) is 1.04. The van der Waals surface area contributed by atoms with E-state index in [1.54, 1.807) is 24.3 Å². The first kappa shape index (κ1) is 11.0. The second-order valence-corrected chi connectivity index (χ2v) is 2.76. The minimum Gasteiger partial charge on any atom is -0.392 e. The average Bonchev–Trinajstić information content (AvgIpc) is 2.27. The van der Waals surface area contributed by atoms with E-state index >= 15 is 0 Å². The number of rotatable bonds is 3. The number of aliphatic hydroxyl groups is 1. The van der Waals surface area contributed by atoms with Crippen LogP contribution in [-0.4, -0.2) is 11.0 Å². The molecule has 5 heteroatoms. The van der Waals surface area contributed by atoms with Gasteiger partial charge in [-0.1, -0.05) is 24.3 Å². The molecule has 15 heavy (non-hydrogen) atoms. The average molecular weight is 203 g/mol. The van der Waals surface area contributed by atoms with Crippen molar-refractivity contribution in [1.82, 2.24) is 0 Å². The zero-order chi connectivity index (χ0) is 11.1. The van der Waals surface area contributed by atoms with Crippen LogP contribution in [0.4, 0.5) is 0 Å². The molecule has 1 rings (SSSR count). The lowest BCUT2D eigenvalue weighted by atomic mass is 10.1. The first-order chi connectivity index (χ1) is 7.26. The monoisotopic (exact) mass is 203 g/mol. The van der Waals surface area contributed by atoms with Crippen molar-refractivity contribution >= 4 is 12.0 Å². The van der Waals surface area contributed by atoms with Crippen LogP contribution in [0.15, 0.2) is 35.5 Å². The maximum Gasteiger partial charge on any atom is 0.242 e. The van der Waals surface area contributed by atoms with Gasteiger partial charge in [0.2, 0.25) is 5.91 Å². The van der Waals surface area contributed by atoms with Crippen LogP contribution in [0.2, 0.25) is 0 Å². The highest BCUT2D eigenvalue weighted by molar-refractivity contribution is 5.92. The molecule has 0 saturated heterocycles. The molecule has 0 aromatic heterocycles. The van der Waals surface area contributed by atoms with Crippen molar-refractivity contribution in [3.8, 4) is 0 Å². The SMILES string of the molecule is [N-]=[N+]=NC(=O)/C=C/c1cccc(CO)c1. The van der Waals surface area contributed by atoms with Crippen molar-refractivity contribution in [1.29, 1.82) is 0 Å². The Morgan fingerprint density at radius 2 is 2.40 bits per heavy atom. The minimum atomic E-state index is -0.646. The highest BCUT2D eigenvalue weighted by Crippen LogP contribution is 2.07. The number of amides is 1. The number of benzene rings is 1. The van der Waals surface area contributed by atoms with E-state index in [0.717, 1.165) is 11.1 Å². The van der Waals surface area contributed by atoms with Gasteiger partial charge in [-0.05, 0) is 33.9 Å². The second-order valence-electron chi connectivity index (χ2n) is 2.76. The van der Waals surface area contributed by atoms with Crippen LogP contribution in [0, 0.1) is 0 Å². The van der Waals surface area contributed by atoms with Gasteiger partial charge >= 0.3 is 0 Å². The molecule has 0 heterocycles. The van der Waals surface area contributed by atoms with Crippen LogP contribution in [0.5, 0.6) is 0 Å². The molecule has 76 valence electrons. The Morgan fingerprint density at radius 1 is 1.60 bits per heavy atom. The number of carbonyl (C=O) groups is 1. The molecule has 0 fully saturated rings. The van der Waals surface area contributed by atoms with Gasteiger partial charge in [-0.3, -0.25) is 4.79 Å². The Balaban J connectivity index is 2.80.